The molecule has 2 radical (unpaired) electrons. The van der Waals surface area contributed by atoms with E-state index in [1.807, 2.05) is 6.08 Å². The quantitative estimate of drug-likeness (QED) is 0.572. The van der Waals surface area contributed by atoms with Crippen LogP contribution in [0.4, 0.5) is 0 Å². The molecule has 1 heterocycles. The summed E-state index contributed by atoms with van der Waals surface area (Å²) < 4.78 is 10.0. The molecule has 0 bridgehead atoms. The van der Waals surface area contributed by atoms with Crippen LogP contribution in [0.3, 0.4) is 0 Å². The van der Waals surface area contributed by atoms with Crippen LogP contribution in [0.25, 0.3) is 0 Å². The fourth-order valence-corrected chi connectivity index (χ4v) is 0.618. The summed E-state index contributed by atoms with van der Waals surface area (Å²) in [5.74, 6) is 0.624. The zero-order valence-corrected chi connectivity index (χ0v) is 5.30. The van der Waals surface area contributed by atoms with Crippen molar-refractivity contribution in [3.05, 3.63) is 25.6 Å². The van der Waals surface area contributed by atoms with Crippen LogP contribution in [-0.2, 0) is 9.47 Å². The highest BCUT2D eigenvalue weighted by Crippen LogP contribution is 2.11. The Morgan fingerprint density at radius 1 is 1.89 bits per heavy atom. The van der Waals surface area contributed by atoms with Crippen molar-refractivity contribution in [2.75, 3.05) is 6.61 Å². The van der Waals surface area contributed by atoms with E-state index in [9.17, 15) is 0 Å². The molecule has 1 aliphatic heterocycles. The van der Waals surface area contributed by atoms with E-state index in [0.717, 1.165) is 13.0 Å². The van der Waals surface area contributed by atoms with Gasteiger partial charge in [-0.05, 0) is 19.4 Å². The summed E-state index contributed by atoms with van der Waals surface area (Å²) in [6.45, 7) is 5.96. The second-order valence-electron chi connectivity index (χ2n) is 1.73. The maximum atomic E-state index is 5.03. The molecule has 2 heteroatoms. The highest BCUT2D eigenvalue weighted by molar-refractivity contribution is 4.90. The molecule has 9 heavy (non-hydrogen) atoms. The third-order valence-corrected chi connectivity index (χ3v) is 0.991. The molecule has 0 saturated carbocycles. The van der Waals surface area contributed by atoms with Gasteiger partial charge in [0, 0.05) is 6.42 Å². The van der Waals surface area contributed by atoms with Gasteiger partial charge in [-0.25, -0.2) is 0 Å². The molecule has 0 amide bonds. The van der Waals surface area contributed by atoms with Gasteiger partial charge in [0.25, 0.3) is 5.95 Å². The molecule has 0 aromatic rings. The van der Waals surface area contributed by atoms with Gasteiger partial charge in [-0.3, -0.25) is 0 Å². The lowest BCUT2D eigenvalue weighted by Crippen LogP contribution is -1.88. The van der Waals surface area contributed by atoms with Gasteiger partial charge in [-0.1, -0.05) is 0 Å². The molecule has 0 spiro atoms. The van der Waals surface area contributed by atoms with Gasteiger partial charge in [0.1, 0.15) is 6.61 Å². The fourth-order valence-electron chi connectivity index (χ4n) is 0.618. The highest BCUT2D eigenvalue weighted by atomic mass is 16.7. The average Bonchev–Trinajstić information content (AvgIpc) is 2.34. The standard InChI is InChI=1S/C7H10O2/c1-2-5-8-7-4-3-6-9-7/h4-5H,1-3,6H2. The van der Waals surface area contributed by atoms with E-state index in [4.69, 9.17) is 9.47 Å². The Labute approximate surface area is 55.5 Å². The molecule has 0 saturated heterocycles. The second-order valence-corrected chi connectivity index (χ2v) is 1.73. The van der Waals surface area contributed by atoms with Crippen molar-refractivity contribution < 1.29 is 9.47 Å². The summed E-state index contributed by atoms with van der Waals surface area (Å²) in [6.07, 6.45) is 3.55. The first-order valence-electron chi connectivity index (χ1n) is 3.04. The number of hydrogen-bond donors (Lipinski definition) is 0. The lowest BCUT2D eigenvalue weighted by atomic mass is 10.5. The van der Waals surface area contributed by atoms with Crippen molar-refractivity contribution in [3.8, 4) is 0 Å². The van der Waals surface area contributed by atoms with Gasteiger partial charge in [0.2, 0.25) is 0 Å². The smallest absolute Gasteiger partial charge is 0.275 e. The topological polar surface area (TPSA) is 18.5 Å². The summed E-state index contributed by atoms with van der Waals surface area (Å²) >= 11 is 0. The van der Waals surface area contributed by atoms with Crippen molar-refractivity contribution in [3.63, 3.8) is 0 Å². The van der Waals surface area contributed by atoms with Crippen molar-refractivity contribution in [1.82, 2.24) is 0 Å². The molecule has 0 aliphatic carbocycles. The highest BCUT2D eigenvalue weighted by Gasteiger charge is 2.04. The van der Waals surface area contributed by atoms with Gasteiger partial charge in [0.15, 0.2) is 0 Å². The minimum Gasteiger partial charge on any atom is -0.465 e. The van der Waals surface area contributed by atoms with Crippen LogP contribution < -0.4 is 0 Å². The van der Waals surface area contributed by atoms with E-state index in [1.165, 1.54) is 0 Å². The first kappa shape index (κ1) is 6.46. The van der Waals surface area contributed by atoms with E-state index in [0.29, 0.717) is 12.4 Å². The molecule has 50 valence electrons. The normalized spacial score (nSPS) is 16.8. The molecule has 0 N–H and O–H groups in total. The lowest BCUT2D eigenvalue weighted by Gasteiger charge is -2.02. The SMILES string of the molecule is [CH2]C[CH]OC1=CCCO1. The summed E-state index contributed by atoms with van der Waals surface area (Å²) in [5, 5.41) is 0. The number of hydrogen-bond acceptors (Lipinski definition) is 2. The minimum absolute atomic E-state index is 0.624. The van der Waals surface area contributed by atoms with Crippen molar-refractivity contribution in [2.24, 2.45) is 0 Å². The molecule has 0 unspecified atom stereocenters. The van der Waals surface area contributed by atoms with E-state index in [2.05, 4.69) is 6.92 Å². The van der Waals surface area contributed by atoms with Crippen molar-refractivity contribution in [2.45, 2.75) is 12.8 Å². The third-order valence-electron chi connectivity index (χ3n) is 0.991. The number of ether oxygens (including phenoxy) is 2. The molecule has 0 fully saturated rings. The first-order valence-corrected chi connectivity index (χ1v) is 3.04. The average molecular weight is 126 g/mol. The Morgan fingerprint density at radius 3 is 3.33 bits per heavy atom. The minimum atomic E-state index is 0.624. The van der Waals surface area contributed by atoms with Crippen LogP contribution in [0.1, 0.15) is 12.8 Å². The van der Waals surface area contributed by atoms with Crippen LogP contribution in [-0.4, -0.2) is 6.61 Å². The first-order chi connectivity index (χ1) is 4.43. The Hall–Kier alpha value is -0.660. The van der Waals surface area contributed by atoms with Crippen LogP contribution >= 0.6 is 0 Å². The van der Waals surface area contributed by atoms with Crippen molar-refractivity contribution >= 4 is 0 Å². The summed E-state index contributed by atoms with van der Waals surface area (Å²) in [7, 11) is 0. The largest absolute Gasteiger partial charge is 0.465 e. The Bertz CT molecular complexity index is 107. The van der Waals surface area contributed by atoms with Crippen LogP contribution in [0.5, 0.6) is 0 Å². The summed E-state index contributed by atoms with van der Waals surface area (Å²) in [5.41, 5.74) is 0. The van der Waals surface area contributed by atoms with Gasteiger partial charge < -0.3 is 9.47 Å². The Morgan fingerprint density at radius 2 is 2.78 bits per heavy atom. The van der Waals surface area contributed by atoms with E-state index in [1.54, 1.807) is 6.61 Å². The maximum Gasteiger partial charge on any atom is 0.275 e. The van der Waals surface area contributed by atoms with E-state index in [-0.39, 0.29) is 0 Å². The Balaban J connectivity index is 2.11. The molecular formula is C7H10O2. The van der Waals surface area contributed by atoms with Gasteiger partial charge >= 0.3 is 0 Å². The predicted octanol–water partition coefficient (Wildman–Crippen LogP) is 1.65. The molecule has 2 nitrogen and oxygen atoms in total. The lowest BCUT2D eigenvalue weighted by molar-refractivity contribution is 0.0842. The van der Waals surface area contributed by atoms with Crippen LogP contribution in [0.15, 0.2) is 12.0 Å². The zero-order valence-electron chi connectivity index (χ0n) is 5.30. The maximum absolute atomic E-state index is 5.03. The zero-order chi connectivity index (χ0) is 6.53. The summed E-state index contributed by atoms with van der Waals surface area (Å²) in [6, 6.07) is 0. The second kappa shape index (κ2) is 3.38. The molecule has 0 aromatic carbocycles. The molecule has 1 aliphatic rings. The summed E-state index contributed by atoms with van der Waals surface area (Å²) in [4.78, 5) is 0. The van der Waals surface area contributed by atoms with Crippen molar-refractivity contribution in [1.29, 1.82) is 0 Å². The fraction of sp³-hybridized carbons (Fsp3) is 0.429. The molecule has 0 atom stereocenters. The van der Waals surface area contributed by atoms with Gasteiger partial charge in [-0.2, -0.15) is 0 Å². The van der Waals surface area contributed by atoms with Gasteiger partial charge in [0.05, 0.1) is 6.61 Å². The van der Waals surface area contributed by atoms with E-state index >= 15 is 0 Å². The van der Waals surface area contributed by atoms with E-state index < -0.39 is 0 Å². The van der Waals surface area contributed by atoms with Crippen LogP contribution in [0, 0.1) is 13.5 Å². The molecule has 1 rings (SSSR count). The third kappa shape index (κ3) is 1.96. The monoisotopic (exact) mass is 126 g/mol. The predicted molar refractivity (Wildman–Crippen MR) is 34.0 cm³/mol. The number of rotatable bonds is 3. The van der Waals surface area contributed by atoms with Crippen LogP contribution in [0.2, 0.25) is 0 Å². The van der Waals surface area contributed by atoms with Gasteiger partial charge in [-0.15, -0.1) is 0 Å². The molecular weight excluding hydrogens is 116 g/mol. The molecule has 0 aromatic heterocycles. The Kier molecular flexibility index (Phi) is 2.43.